The summed E-state index contributed by atoms with van der Waals surface area (Å²) < 4.78 is 22.0. The first-order valence-electron chi connectivity index (χ1n) is 9.95. The van der Waals surface area contributed by atoms with E-state index in [1.165, 1.54) is 14.2 Å². The van der Waals surface area contributed by atoms with Crippen molar-refractivity contribution >= 4 is 45.1 Å². The van der Waals surface area contributed by atoms with Crippen molar-refractivity contribution in [1.29, 1.82) is 0 Å². The molecule has 0 fully saturated rings. The van der Waals surface area contributed by atoms with Gasteiger partial charge in [-0.2, -0.15) is 0 Å². The molecule has 0 spiro atoms. The maximum absolute atomic E-state index is 11.7. The lowest BCUT2D eigenvalue weighted by molar-refractivity contribution is -0.143. The van der Waals surface area contributed by atoms with Gasteiger partial charge < -0.3 is 18.9 Å². The number of esters is 2. The Morgan fingerprint density at radius 1 is 0.774 bits per heavy atom. The van der Waals surface area contributed by atoms with E-state index in [4.69, 9.17) is 30.5 Å². The summed E-state index contributed by atoms with van der Waals surface area (Å²) in [5, 5.41) is 3.73. The summed E-state index contributed by atoms with van der Waals surface area (Å²) in [5.41, 5.74) is 0. The Bertz CT molecular complexity index is 1110. The third-order valence-corrected chi connectivity index (χ3v) is 5.12. The molecule has 0 heterocycles. The molecule has 7 heteroatoms. The summed E-state index contributed by atoms with van der Waals surface area (Å²) in [4.78, 5) is 23.4. The van der Waals surface area contributed by atoms with E-state index in [0.717, 1.165) is 21.5 Å². The minimum Gasteiger partial charge on any atom is -0.489 e. The maximum Gasteiger partial charge on any atom is 0.309 e. The van der Waals surface area contributed by atoms with Crippen LogP contribution in [0.15, 0.2) is 42.5 Å². The first kappa shape index (κ1) is 22.7. The van der Waals surface area contributed by atoms with E-state index in [1.807, 2.05) is 44.2 Å². The van der Waals surface area contributed by atoms with Gasteiger partial charge in [0.1, 0.15) is 23.7 Å². The van der Waals surface area contributed by atoms with Crippen molar-refractivity contribution in [2.75, 3.05) is 14.2 Å². The molecule has 0 aromatic heterocycles. The second-order valence-corrected chi connectivity index (χ2v) is 7.75. The average molecular weight is 445 g/mol. The molecule has 0 saturated heterocycles. The van der Waals surface area contributed by atoms with Crippen molar-refractivity contribution < 1.29 is 28.5 Å². The molecule has 0 saturated carbocycles. The van der Waals surface area contributed by atoms with Gasteiger partial charge in [0, 0.05) is 26.6 Å². The van der Waals surface area contributed by atoms with Crippen molar-refractivity contribution in [1.82, 2.24) is 0 Å². The maximum atomic E-state index is 11.7. The van der Waals surface area contributed by atoms with Crippen LogP contribution in [-0.2, 0) is 19.1 Å². The van der Waals surface area contributed by atoms with E-state index in [-0.39, 0.29) is 24.8 Å². The molecule has 3 aromatic rings. The normalized spacial score (nSPS) is 12.9. The molecular formula is C24H25ClO6. The van der Waals surface area contributed by atoms with Crippen LogP contribution in [0.1, 0.15) is 26.7 Å². The van der Waals surface area contributed by atoms with Gasteiger partial charge >= 0.3 is 11.9 Å². The van der Waals surface area contributed by atoms with E-state index >= 15 is 0 Å². The lowest BCUT2D eigenvalue weighted by Crippen LogP contribution is -2.19. The molecule has 3 aromatic carbocycles. The monoisotopic (exact) mass is 444 g/mol. The second kappa shape index (κ2) is 9.88. The molecule has 2 unspecified atom stereocenters. The molecule has 31 heavy (non-hydrogen) atoms. The van der Waals surface area contributed by atoms with Crippen molar-refractivity contribution in [3.8, 4) is 11.5 Å². The van der Waals surface area contributed by atoms with Gasteiger partial charge in [0.25, 0.3) is 0 Å². The number of ether oxygens (including phenoxy) is 4. The van der Waals surface area contributed by atoms with Crippen molar-refractivity contribution in [2.45, 2.75) is 38.9 Å². The van der Waals surface area contributed by atoms with Crippen LogP contribution in [0, 0.1) is 0 Å². The zero-order valence-corrected chi connectivity index (χ0v) is 18.7. The van der Waals surface area contributed by atoms with E-state index in [9.17, 15) is 9.59 Å². The smallest absolute Gasteiger partial charge is 0.309 e. The zero-order chi connectivity index (χ0) is 22.5. The van der Waals surface area contributed by atoms with Gasteiger partial charge in [0.05, 0.1) is 27.1 Å². The summed E-state index contributed by atoms with van der Waals surface area (Å²) >= 11 is 6.30. The number of benzene rings is 3. The SMILES string of the molecule is COC(=O)CC(C)Oc1c2ccccc2c(OC(C)CC(=O)OC)c2cc(Cl)ccc12. The van der Waals surface area contributed by atoms with Crippen LogP contribution < -0.4 is 9.47 Å². The first-order valence-corrected chi connectivity index (χ1v) is 10.3. The molecule has 3 rings (SSSR count). The van der Waals surface area contributed by atoms with Crippen molar-refractivity contribution in [3.05, 3.63) is 47.5 Å². The standard InChI is InChI=1S/C24H25ClO6/c1-14(11-21(26)28-3)30-23-17-7-5-6-8-18(17)24(31-15(2)12-22(27)29-4)20-13-16(25)9-10-19(20)23/h5-10,13-15H,11-12H2,1-4H3. The van der Waals surface area contributed by atoms with Crippen LogP contribution in [0.3, 0.4) is 0 Å². The van der Waals surface area contributed by atoms with Crippen LogP contribution in [-0.4, -0.2) is 38.4 Å². The lowest BCUT2D eigenvalue weighted by Gasteiger charge is -2.22. The number of carbonyl (C=O) groups is 2. The highest BCUT2D eigenvalue weighted by atomic mass is 35.5. The third kappa shape index (κ3) is 5.20. The Labute approximate surface area is 186 Å². The molecule has 0 aliphatic heterocycles. The van der Waals surface area contributed by atoms with Crippen LogP contribution in [0.25, 0.3) is 21.5 Å². The van der Waals surface area contributed by atoms with E-state index in [0.29, 0.717) is 16.5 Å². The minimum absolute atomic E-state index is 0.112. The summed E-state index contributed by atoms with van der Waals surface area (Å²) in [6, 6.07) is 13.1. The van der Waals surface area contributed by atoms with Gasteiger partial charge in [0.2, 0.25) is 0 Å². The van der Waals surface area contributed by atoms with Gasteiger partial charge in [-0.3, -0.25) is 9.59 Å². The van der Waals surface area contributed by atoms with Crippen LogP contribution in [0.2, 0.25) is 5.02 Å². The largest absolute Gasteiger partial charge is 0.489 e. The quantitative estimate of drug-likeness (QED) is 0.346. The highest BCUT2D eigenvalue weighted by molar-refractivity contribution is 6.31. The summed E-state index contributed by atoms with van der Waals surface area (Å²) in [5.74, 6) is 0.542. The second-order valence-electron chi connectivity index (χ2n) is 7.31. The highest BCUT2D eigenvalue weighted by Gasteiger charge is 2.21. The number of hydrogen-bond acceptors (Lipinski definition) is 6. The highest BCUT2D eigenvalue weighted by Crippen LogP contribution is 2.44. The molecule has 2 atom stereocenters. The molecule has 0 radical (unpaired) electrons. The molecular weight excluding hydrogens is 420 g/mol. The molecule has 6 nitrogen and oxygen atoms in total. The summed E-state index contributed by atoms with van der Waals surface area (Å²) in [7, 11) is 2.70. The van der Waals surface area contributed by atoms with Crippen LogP contribution in [0.4, 0.5) is 0 Å². The predicted molar refractivity (Wildman–Crippen MR) is 120 cm³/mol. The number of methoxy groups -OCH3 is 2. The lowest BCUT2D eigenvalue weighted by atomic mass is 10.00. The summed E-state index contributed by atoms with van der Waals surface area (Å²) in [6.07, 6.45) is -0.585. The topological polar surface area (TPSA) is 71.1 Å². The van der Waals surface area contributed by atoms with Crippen molar-refractivity contribution in [3.63, 3.8) is 0 Å². The number of rotatable bonds is 8. The minimum atomic E-state index is -0.414. The van der Waals surface area contributed by atoms with E-state index < -0.39 is 12.2 Å². The van der Waals surface area contributed by atoms with Gasteiger partial charge in [-0.25, -0.2) is 0 Å². The molecule has 0 amide bonds. The van der Waals surface area contributed by atoms with E-state index in [1.54, 1.807) is 12.1 Å². The van der Waals surface area contributed by atoms with Crippen LogP contribution >= 0.6 is 11.6 Å². The summed E-state index contributed by atoms with van der Waals surface area (Å²) in [6.45, 7) is 3.63. The fourth-order valence-corrected chi connectivity index (χ4v) is 3.62. The molecule has 0 N–H and O–H groups in total. The molecule has 0 bridgehead atoms. The van der Waals surface area contributed by atoms with E-state index in [2.05, 4.69) is 0 Å². The Balaban J connectivity index is 2.15. The van der Waals surface area contributed by atoms with Gasteiger partial charge in [-0.05, 0) is 32.0 Å². The first-order chi connectivity index (χ1) is 14.8. The zero-order valence-electron chi connectivity index (χ0n) is 17.9. The van der Waals surface area contributed by atoms with Gasteiger partial charge in [0.15, 0.2) is 0 Å². The predicted octanol–water partition coefficient (Wildman–Crippen LogP) is 5.31. The number of fused-ring (bicyclic) bond motifs is 2. The average Bonchev–Trinajstić information content (AvgIpc) is 2.75. The Morgan fingerprint density at radius 3 is 1.71 bits per heavy atom. The Morgan fingerprint density at radius 2 is 1.23 bits per heavy atom. The fraction of sp³-hybridized carbons (Fsp3) is 0.333. The van der Waals surface area contributed by atoms with Gasteiger partial charge in [-0.1, -0.05) is 35.9 Å². The van der Waals surface area contributed by atoms with Gasteiger partial charge in [-0.15, -0.1) is 0 Å². The molecule has 0 aliphatic rings. The number of halogens is 1. The molecule has 0 aliphatic carbocycles. The Hall–Kier alpha value is -2.99. The fourth-order valence-electron chi connectivity index (χ4n) is 3.45. The van der Waals surface area contributed by atoms with Crippen molar-refractivity contribution in [2.24, 2.45) is 0 Å². The number of carbonyl (C=O) groups excluding carboxylic acids is 2. The molecule has 164 valence electrons. The Kier molecular flexibility index (Phi) is 7.23. The van der Waals surface area contributed by atoms with Crippen LogP contribution in [0.5, 0.6) is 11.5 Å². The number of hydrogen-bond donors (Lipinski definition) is 0. The third-order valence-electron chi connectivity index (χ3n) is 4.89.